The number of anilines is 1. The Morgan fingerprint density at radius 3 is 2.50 bits per heavy atom. The summed E-state index contributed by atoms with van der Waals surface area (Å²) in [6, 6.07) is 14.4. The lowest BCUT2D eigenvalue weighted by atomic mass is 10.1. The van der Waals surface area contributed by atoms with Crippen LogP contribution in [0, 0.1) is 0 Å². The molecule has 0 spiro atoms. The van der Waals surface area contributed by atoms with Gasteiger partial charge in [0.15, 0.2) is 11.5 Å². The van der Waals surface area contributed by atoms with E-state index in [1.54, 1.807) is 22.9 Å². The van der Waals surface area contributed by atoms with Crippen LogP contribution in [0.2, 0.25) is 0 Å². The van der Waals surface area contributed by atoms with E-state index in [1.165, 1.54) is 6.92 Å². The lowest BCUT2D eigenvalue weighted by Crippen LogP contribution is -2.06. The standard InChI is InChI=1S/C21H23N3O4/c1-3-28-21-12-16(6-9-20(21)27)19-13-18(23-24(19)10-11-25)15-4-7-17(8-5-15)22-14(2)26/h4-9,12-13,25,27H,3,10-11H2,1-2H3,(H,22,26). The zero-order valence-electron chi connectivity index (χ0n) is 15.8. The molecule has 0 unspecified atom stereocenters. The summed E-state index contributed by atoms with van der Waals surface area (Å²) in [7, 11) is 0. The Labute approximate surface area is 163 Å². The van der Waals surface area contributed by atoms with Crippen molar-refractivity contribution in [2.24, 2.45) is 0 Å². The third kappa shape index (κ3) is 4.32. The number of ether oxygens (including phenoxy) is 1. The summed E-state index contributed by atoms with van der Waals surface area (Å²) in [4.78, 5) is 11.2. The van der Waals surface area contributed by atoms with Crippen molar-refractivity contribution in [3.63, 3.8) is 0 Å². The van der Waals surface area contributed by atoms with E-state index in [2.05, 4.69) is 10.4 Å². The predicted octanol–water partition coefficient (Wildman–Crippen LogP) is 3.27. The lowest BCUT2D eigenvalue weighted by molar-refractivity contribution is -0.114. The highest BCUT2D eigenvalue weighted by Crippen LogP contribution is 2.33. The largest absolute Gasteiger partial charge is 0.504 e. The number of aliphatic hydroxyl groups is 1. The van der Waals surface area contributed by atoms with Crippen LogP contribution >= 0.6 is 0 Å². The number of rotatable bonds is 7. The number of nitrogens with zero attached hydrogens (tertiary/aromatic N) is 2. The number of nitrogens with one attached hydrogen (secondary N) is 1. The van der Waals surface area contributed by atoms with Crippen molar-refractivity contribution in [1.82, 2.24) is 9.78 Å². The molecule has 1 aromatic heterocycles. The molecule has 1 amide bonds. The number of phenols is 1. The monoisotopic (exact) mass is 381 g/mol. The van der Waals surface area contributed by atoms with Gasteiger partial charge in [-0.05, 0) is 43.3 Å². The number of aromatic nitrogens is 2. The van der Waals surface area contributed by atoms with E-state index in [0.717, 1.165) is 22.5 Å². The number of carbonyl (C=O) groups is 1. The van der Waals surface area contributed by atoms with Crippen LogP contribution in [0.4, 0.5) is 5.69 Å². The average Bonchev–Trinajstić information content (AvgIpc) is 3.08. The van der Waals surface area contributed by atoms with Crippen LogP contribution in [-0.4, -0.2) is 39.1 Å². The molecule has 0 saturated heterocycles. The van der Waals surface area contributed by atoms with Gasteiger partial charge in [0, 0.05) is 23.7 Å². The van der Waals surface area contributed by atoms with E-state index < -0.39 is 0 Å². The Morgan fingerprint density at radius 1 is 1.14 bits per heavy atom. The second kappa shape index (κ2) is 8.58. The van der Waals surface area contributed by atoms with Gasteiger partial charge in [0.2, 0.25) is 5.91 Å². The molecule has 0 bridgehead atoms. The highest BCUT2D eigenvalue weighted by molar-refractivity contribution is 5.89. The first-order valence-electron chi connectivity index (χ1n) is 9.04. The Kier molecular flexibility index (Phi) is 5.96. The maximum atomic E-state index is 11.2. The minimum atomic E-state index is -0.125. The summed E-state index contributed by atoms with van der Waals surface area (Å²) < 4.78 is 7.19. The van der Waals surface area contributed by atoms with Gasteiger partial charge in [-0.1, -0.05) is 12.1 Å². The molecule has 3 aromatic rings. The highest BCUT2D eigenvalue weighted by Gasteiger charge is 2.14. The molecule has 0 aliphatic heterocycles. The molecule has 3 rings (SSSR count). The minimum absolute atomic E-state index is 0.0496. The van der Waals surface area contributed by atoms with E-state index in [9.17, 15) is 15.0 Å². The summed E-state index contributed by atoms with van der Waals surface area (Å²) in [6.45, 7) is 4.05. The van der Waals surface area contributed by atoms with Crippen molar-refractivity contribution in [2.75, 3.05) is 18.5 Å². The molecule has 7 nitrogen and oxygen atoms in total. The van der Waals surface area contributed by atoms with E-state index in [4.69, 9.17) is 4.74 Å². The molecule has 146 valence electrons. The van der Waals surface area contributed by atoms with E-state index >= 15 is 0 Å². The van der Waals surface area contributed by atoms with Crippen molar-refractivity contribution in [3.8, 4) is 34.0 Å². The average molecular weight is 381 g/mol. The van der Waals surface area contributed by atoms with E-state index in [0.29, 0.717) is 24.6 Å². The summed E-state index contributed by atoms with van der Waals surface area (Å²) in [5.41, 5.74) is 3.96. The van der Waals surface area contributed by atoms with Gasteiger partial charge in [-0.2, -0.15) is 5.10 Å². The van der Waals surface area contributed by atoms with Crippen molar-refractivity contribution >= 4 is 11.6 Å². The highest BCUT2D eigenvalue weighted by atomic mass is 16.5. The molecule has 0 radical (unpaired) electrons. The first-order chi connectivity index (χ1) is 13.5. The molecular formula is C21H23N3O4. The van der Waals surface area contributed by atoms with Crippen LogP contribution in [0.15, 0.2) is 48.5 Å². The summed E-state index contributed by atoms with van der Waals surface area (Å²) >= 11 is 0. The molecule has 28 heavy (non-hydrogen) atoms. The van der Waals surface area contributed by atoms with Gasteiger partial charge in [0.1, 0.15) is 0 Å². The van der Waals surface area contributed by atoms with Gasteiger partial charge >= 0.3 is 0 Å². The number of carbonyl (C=O) groups excluding carboxylic acids is 1. The number of aliphatic hydroxyl groups excluding tert-OH is 1. The van der Waals surface area contributed by atoms with Gasteiger partial charge in [-0.25, -0.2) is 0 Å². The molecule has 2 aromatic carbocycles. The predicted molar refractivity (Wildman–Crippen MR) is 107 cm³/mol. The van der Waals surface area contributed by atoms with Crippen LogP contribution in [0.1, 0.15) is 13.8 Å². The van der Waals surface area contributed by atoms with Gasteiger partial charge in [0.05, 0.1) is 31.1 Å². The van der Waals surface area contributed by atoms with Gasteiger partial charge in [-0.15, -0.1) is 0 Å². The van der Waals surface area contributed by atoms with Gasteiger partial charge in [-0.3, -0.25) is 9.48 Å². The molecule has 1 heterocycles. The van der Waals surface area contributed by atoms with E-state index in [-0.39, 0.29) is 18.3 Å². The number of hydrogen-bond acceptors (Lipinski definition) is 5. The lowest BCUT2D eigenvalue weighted by Gasteiger charge is -2.09. The summed E-state index contributed by atoms with van der Waals surface area (Å²) in [6.07, 6.45) is 0. The molecule has 0 aliphatic rings. The minimum Gasteiger partial charge on any atom is -0.504 e. The number of hydrogen-bond donors (Lipinski definition) is 3. The summed E-state index contributed by atoms with van der Waals surface area (Å²) in [5, 5.41) is 26.7. The maximum absolute atomic E-state index is 11.2. The molecular weight excluding hydrogens is 358 g/mol. The van der Waals surface area contributed by atoms with Crippen molar-refractivity contribution in [2.45, 2.75) is 20.4 Å². The number of benzene rings is 2. The molecule has 0 atom stereocenters. The van der Waals surface area contributed by atoms with Crippen LogP contribution < -0.4 is 10.1 Å². The SMILES string of the molecule is CCOc1cc(-c2cc(-c3ccc(NC(C)=O)cc3)nn2CCO)ccc1O. The van der Waals surface area contributed by atoms with Gasteiger partial charge < -0.3 is 20.3 Å². The second-order valence-electron chi connectivity index (χ2n) is 6.24. The van der Waals surface area contributed by atoms with Crippen molar-refractivity contribution in [1.29, 1.82) is 0 Å². The molecule has 0 saturated carbocycles. The topological polar surface area (TPSA) is 96.6 Å². The molecule has 0 aliphatic carbocycles. The Morgan fingerprint density at radius 2 is 1.86 bits per heavy atom. The zero-order chi connectivity index (χ0) is 20.1. The first-order valence-corrected chi connectivity index (χ1v) is 9.04. The fourth-order valence-corrected chi connectivity index (χ4v) is 2.93. The molecule has 0 fully saturated rings. The fraction of sp³-hybridized carbons (Fsp3) is 0.238. The quantitative estimate of drug-likeness (QED) is 0.584. The molecule has 3 N–H and O–H groups in total. The summed E-state index contributed by atoms with van der Waals surface area (Å²) in [5.74, 6) is 0.352. The van der Waals surface area contributed by atoms with Crippen molar-refractivity contribution in [3.05, 3.63) is 48.5 Å². The fourth-order valence-electron chi connectivity index (χ4n) is 2.93. The zero-order valence-corrected chi connectivity index (χ0v) is 15.8. The normalized spacial score (nSPS) is 10.7. The smallest absolute Gasteiger partial charge is 0.221 e. The van der Waals surface area contributed by atoms with Crippen LogP contribution in [-0.2, 0) is 11.3 Å². The number of amides is 1. The van der Waals surface area contributed by atoms with Crippen LogP contribution in [0.25, 0.3) is 22.5 Å². The number of phenolic OH excluding ortho intramolecular Hbond substituents is 1. The number of aromatic hydroxyl groups is 1. The van der Waals surface area contributed by atoms with Crippen LogP contribution in [0.3, 0.4) is 0 Å². The Bertz CT molecular complexity index is 964. The first kappa shape index (κ1) is 19.4. The van der Waals surface area contributed by atoms with Crippen LogP contribution in [0.5, 0.6) is 11.5 Å². The third-order valence-corrected chi connectivity index (χ3v) is 4.15. The maximum Gasteiger partial charge on any atom is 0.221 e. The second-order valence-corrected chi connectivity index (χ2v) is 6.24. The van der Waals surface area contributed by atoms with E-state index in [1.807, 2.05) is 37.3 Å². The molecule has 7 heteroatoms. The van der Waals surface area contributed by atoms with Crippen molar-refractivity contribution < 1.29 is 19.7 Å². The third-order valence-electron chi connectivity index (χ3n) is 4.15. The van der Waals surface area contributed by atoms with Gasteiger partial charge in [0.25, 0.3) is 0 Å². The Balaban J connectivity index is 1.98. The Hall–Kier alpha value is -3.32.